The summed E-state index contributed by atoms with van der Waals surface area (Å²) in [5.41, 5.74) is 1.67. The van der Waals surface area contributed by atoms with Gasteiger partial charge in [-0.15, -0.1) is 0 Å². The summed E-state index contributed by atoms with van der Waals surface area (Å²) in [7, 11) is 0. The van der Waals surface area contributed by atoms with E-state index in [1.165, 1.54) is 0 Å². The van der Waals surface area contributed by atoms with Crippen molar-refractivity contribution in [2.75, 3.05) is 18.4 Å². The van der Waals surface area contributed by atoms with Gasteiger partial charge in [0.2, 0.25) is 0 Å². The Morgan fingerprint density at radius 1 is 1.26 bits per heavy atom. The summed E-state index contributed by atoms with van der Waals surface area (Å²) in [6.45, 7) is 4.29. The smallest absolute Gasteiger partial charge is 0.319 e. The first-order chi connectivity index (χ1) is 9.02. The molecule has 0 spiro atoms. The molecule has 19 heavy (non-hydrogen) atoms. The number of hydrogen-bond acceptors (Lipinski definition) is 2. The van der Waals surface area contributed by atoms with Gasteiger partial charge in [-0.3, -0.25) is 0 Å². The Morgan fingerprint density at radius 3 is 2.42 bits per heavy atom. The molecule has 0 aliphatic rings. The standard InChI is InChI=1S/C13H19F2N3O/c1-3-16-9(2)10-4-6-11(7-5-10)18-13(19)17-8-12(14)15/h4-7,9,12,16H,3,8H2,1-2H3,(H2,17,18,19). The molecule has 0 aliphatic carbocycles. The Labute approximate surface area is 111 Å². The highest BCUT2D eigenvalue weighted by Crippen LogP contribution is 2.15. The fourth-order valence-corrected chi connectivity index (χ4v) is 1.62. The van der Waals surface area contributed by atoms with Crippen molar-refractivity contribution in [2.45, 2.75) is 26.3 Å². The van der Waals surface area contributed by atoms with Crippen molar-refractivity contribution in [2.24, 2.45) is 0 Å². The fraction of sp³-hybridized carbons (Fsp3) is 0.462. The second-order valence-electron chi connectivity index (χ2n) is 4.13. The van der Waals surface area contributed by atoms with Crippen molar-refractivity contribution in [1.29, 1.82) is 0 Å². The first kappa shape index (κ1) is 15.4. The average Bonchev–Trinajstić information content (AvgIpc) is 2.37. The number of anilines is 1. The monoisotopic (exact) mass is 271 g/mol. The van der Waals surface area contributed by atoms with Crippen molar-refractivity contribution in [3.63, 3.8) is 0 Å². The van der Waals surface area contributed by atoms with Gasteiger partial charge in [0.15, 0.2) is 0 Å². The van der Waals surface area contributed by atoms with E-state index < -0.39 is 19.0 Å². The maximum atomic E-state index is 11.9. The largest absolute Gasteiger partial charge is 0.332 e. The van der Waals surface area contributed by atoms with E-state index in [1.54, 1.807) is 12.1 Å². The molecule has 3 N–H and O–H groups in total. The number of carbonyl (C=O) groups excluding carboxylic acids is 1. The Kier molecular flexibility index (Phi) is 6.21. The molecule has 4 nitrogen and oxygen atoms in total. The maximum Gasteiger partial charge on any atom is 0.319 e. The van der Waals surface area contributed by atoms with E-state index in [0.717, 1.165) is 12.1 Å². The SMILES string of the molecule is CCNC(C)c1ccc(NC(=O)NCC(F)F)cc1. The van der Waals surface area contributed by atoms with Gasteiger partial charge in [0, 0.05) is 11.7 Å². The molecule has 0 aliphatic heterocycles. The number of nitrogens with one attached hydrogen (secondary N) is 3. The summed E-state index contributed by atoms with van der Waals surface area (Å²) in [5.74, 6) is 0. The van der Waals surface area contributed by atoms with Crippen LogP contribution < -0.4 is 16.0 Å². The van der Waals surface area contributed by atoms with Gasteiger partial charge < -0.3 is 16.0 Å². The topological polar surface area (TPSA) is 53.2 Å². The average molecular weight is 271 g/mol. The van der Waals surface area contributed by atoms with Crippen molar-refractivity contribution in [3.05, 3.63) is 29.8 Å². The minimum absolute atomic E-state index is 0.228. The van der Waals surface area contributed by atoms with Crippen LogP contribution in [0.5, 0.6) is 0 Å². The van der Waals surface area contributed by atoms with Gasteiger partial charge in [-0.25, -0.2) is 13.6 Å². The predicted octanol–water partition coefficient (Wildman–Crippen LogP) is 2.74. The molecule has 0 radical (unpaired) electrons. The third-order valence-electron chi connectivity index (χ3n) is 2.60. The zero-order valence-electron chi connectivity index (χ0n) is 11.0. The van der Waals surface area contributed by atoms with Crippen LogP contribution in [0.1, 0.15) is 25.5 Å². The lowest BCUT2D eigenvalue weighted by atomic mass is 10.1. The van der Waals surface area contributed by atoms with Crippen LogP contribution in [0.3, 0.4) is 0 Å². The lowest BCUT2D eigenvalue weighted by Gasteiger charge is -2.13. The Balaban J connectivity index is 2.50. The number of amides is 2. The van der Waals surface area contributed by atoms with Crippen LogP contribution in [0, 0.1) is 0 Å². The van der Waals surface area contributed by atoms with Gasteiger partial charge >= 0.3 is 6.03 Å². The summed E-state index contributed by atoms with van der Waals surface area (Å²) in [6.07, 6.45) is -2.55. The van der Waals surface area contributed by atoms with Gasteiger partial charge in [-0.05, 0) is 31.2 Å². The number of halogens is 2. The van der Waals surface area contributed by atoms with Crippen molar-refractivity contribution in [1.82, 2.24) is 10.6 Å². The zero-order valence-corrected chi connectivity index (χ0v) is 11.0. The molecule has 1 unspecified atom stereocenters. The highest BCUT2D eigenvalue weighted by molar-refractivity contribution is 5.89. The molecule has 6 heteroatoms. The van der Waals surface area contributed by atoms with Gasteiger partial charge in [0.05, 0.1) is 6.54 Å². The number of rotatable bonds is 6. The first-order valence-electron chi connectivity index (χ1n) is 6.19. The predicted molar refractivity (Wildman–Crippen MR) is 71.6 cm³/mol. The van der Waals surface area contributed by atoms with Crippen LogP contribution in [0.2, 0.25) is 0 Å². The van der Waals surface area contributed by atoms with Crippen LogP contribution >= 0.6 is 0 Å². The molecule has 0 saturated carbocycles. The second-order valence-corrected chi connectivity index (χ2v) is 4.13. The molecule has 1 rings (SSSR count). The normalized spacial score (nSPS) is 12.3. The van der Waals surface area contributed by atoms with E-state index in [2.05, 4.69) is 16.0 Å². The molecule has 0 fully saturated rings. The van der Waals surface area contributed by atoms with Crippen molar-refractivity contribution >= 4 is 11.7 Å². The Hall–Kier alpha value is -1.69. The molecule has 0 bridgehead atoms. The fourth-order valence-electron chi connectivity index (χ4n) is 1.62. The molecule has 0 saturated heterocycles. The molecular weight excluding hydrogens is 252 g/mol. The van der Waals surface area contributed by atoms with Gasteiger partial charge in [0.25, 0.3) is 6.43 Å². The first-order valence-corrected chi connectivity index (χ1v) is 6.19. The molecule has 106 valence electrons. The third-order valence-corrected chi connectivity index (χ3v) is 2.60. The van der Waals surface area contributed by atoms with E-state index in [0.29, 0.717) is 5.69 Å². The highest BCUT2D eigenvalue weighted by atomic mass is 19.3. The van der Waals surface area contributed by atoms with Crippen LogP contribution in [-0.2, 0) is 0 Å². The van der Waals surface area contributed by atoms with E-state index >= 15 is 0 Å². The molecule has 1 atom stereocenters. The second kappa shape index (κ2) is 7.68. The molecule has 1 aromatic rings. The highest BCUT2D eigenvalue weighted by Gasteiger charge is 2.07. The van der Waals surface area contributed by atoms with E-state index in [1.807, 2.05) is 26.0 Å². The number of alkyl halides is 2. The third kappa shape index (κ3) is 5.65. The number of urea groups is 1. The lowest BCUT2D eigenvalue weighted by molar-refractivity contribution is 0.148. The summed E-state index contributed by atoms with van der Waals surface area (Å²) < 4.78 is 23.8. The summed E-state index contributed by atoms with van der Waals surface area (Å²) in [6, 6.07) is 6.85. The molecular formula is C13H19F2N3O. The Morgan fingerprint density at radius 2 is 1.89 bits per heavy atom. The van der Waals surface area contributed by atoms with Crippen LogP contribution in [0.15, 0.2) is 24.3 Å². The summed E-state index contributed by atoms with van der Waals surface area (Å²) >= 11 is 0. The quantitative estimate of drug-likeness (QED) is 0.745. The number of carbonyl (C=O) groups is 1. The minimum Gasteiger partial charge on any atom is -0.332 e. The number of benzene rings is 1. The number of hydrogen-bond donors (Lipinski definition) is 3. The minimum atomic E-state index is -2.55. The zero-order chi connectivity index (χ0) is 14.3. The lowest BCUT2D eigenvalue weighted by Crippen LogP contribution is -2.32. The summed E-state index contributed by atoms with van der Waals surface area (Å²) in [4.78, 5) is 11.3. The maximum absolute atomic E-state index is 11.9. The van der Waals surface area contributed by atoms with E-state index in [4.69, 9.17) is 0 Å². The van der Waals surface area contributed by atoms with Gasteiger partial charge in [-0.2, -0.15) is 0 Å². The van der Waals surface area contributed by atoms with Crippen LogP contribution in [-0.4, -0.2) is 25.5 Å². The van der Waals surface area contributed by atoms with Crippen LogP contribution in [0.4, 0.5) is 19.3 Å². The van der Waals surface area contributed by atoms with Crippen LogP contribution in [0.25, 0.3) is 0 Å². The van der Waals surface area contributed by atoms with Gasteiger partial charge in [0.1, 0.15) is 0 Å². The summed E-state index contributed by atoms with van der Waals surface area (Å²) in [5, 5.41) is 7.84. The van der Waals surface area contributed by atoms with Gasteiger partial charge in [-0.1, -0.05) is 19.1 Å². The van der Waals surface area contributed by atoms with Crippen molar-refractivity contribution < 1.29 is 13.6 Å². The molecule has 0 aromatic heterocycles. The van der Waals surface area contributed by atoms with E-state index in [9.17, 15) is 13.6 Å². The molecule has 2 amide bonds. The molecule has 0 heterocycles. The van der Waals surface area contributed by atoms with Crippen molar-refractivity contribution in [3.8, 4) is 0 Å². The van der Waals surface area contributed by atoms with E-state index in [-0.39, 0.29) is 6.04 Å². The Bertz CT molecular complexity index is 395. The molecule has 1 aromatic carbocycles.